The van der Waals surface area contributed by atoms with Crippen molar-refractivity contribution in [1.82, 2.24) is 9.78 Å². The lowest BCUT2D eigenvalue weighted by atomic mass is 9.87. The van der Waals surface area contributed by atoms with E-state index in [4.69, 9.17) is 16.7 Å². The highest BCUT2D eigenvalue weighted by Crippen LogP contribution is 2.36. The summed E-state index contributed by atoms with van der Waals surface area (Å²) in [5.41, 5.74) is 0.615. The molecule has 0 radical (unpaired) electrons. The SMILES string of the molecule is CS(=O)(=O)c1ccc([C@@H](CC2CCCC2)C(=O)Nc2ccn(C(=O)O)n2)cc1Cl. The van der Waals surface area contributed by atoms with Gasteiger partial charge in [0.15, 0.2) is 15.7 Å². The topological polar surface area (TPSA) is 118 Å². The number of rotatable bonds is 6. The Morgan fingerprint density at radius 3 is 2.55 bits per heavy atom. The van der Waals surface area contributed by atoms with Gasteiger partial charge in [0.25, 0.3) is 0 Å². The number of carboxylic acid groups (broad SMARTS) is 1. The molecule has 0 unspecified atom stereocenters. The van der Waals surface area contributed by atoms with Gasteiger partial charge in [-0.15, -0.1) is 5.10 Å². The van der Waals surface area contributed by atoms with Gasteiger partial charge in [-0.25, -0.2) is 13.2 Å². The van der Waals surface area contributed by atoms with Crippen molar-refractivity contribution in [1.29, 1.82) is 0 Å². The molecule has 29 heavy (non-hydrogen) atoms. The first-order valence-electron chi connectivity index (χ1n) is 9.24. The second-order valence-electron chi connectivity index (χ2n) is 7.32. The molecule has 1 atom stereocenters. The first-order valence-corrected chi connectivity index (χ1v) is 11.5. The Morgan fingerprint density at radius 1 is 1.31 bits per heavy atom. The lowest BCUT2D eigenvalue weighted by Crippen LogP contribution is -2.24. The van der Waals surface area contributed by atoms with Crippen molar-refractivity contribution in [2.24, 2.45) is 5.92 Å². The minimum absolute atomic E-state index is 0.0168. The van der Waals surface area contributed by atoms with Gasteiger partial charge in [-0.3, -0.25) is 4.79 Å². The van der Waals surface area contributed by atoms with E-state index in [0.29, 0.717) is 22.6 Å². The van der Waals surface area contributed by atoms with E-state index >= 15 is 0 Å². The number of hydrogen-bond acceptors (Lipinski definition) is 5. The van der Waals surface area contributed by atoms with Crippen LogP contribution in [-0.2, 0) is 14.6 Å². The van der Waals surface area contributed by atoms with Crippen LogP contribution in [0.15, 0.2) is 35.4 Å². The van der Waals surface area contributed by atoms with Crippen molar-refractivity contribution >= 4 is 39.3 Å². The molecule has 1 aromatic heterocycles. The number of nitrogens with zero attached hydrogens (tertiary/aromatic N) is 2. The van der Waals surface area contributed by atoms with E-state index < -0.39 is 21.8 Å². The number of halogens is 1. The van der Waals surface area contributed by atoms with Crippen LogP contribution in [0.25, 0.3) is 0 Å². The maximum atomic E-state index is 13.0. The predicted octanol–water partition coefficient (Wildman–Crippen LogP) is 3.77. The summed E-state index contributed by atoms with van der Waals surface area (Å²) in [6.07, 6.45) is 5.97. The Balaban J connectivity index is 1.88. The summed E-state index contributed by atoms with van der Waals surface area (Å²) in [5, 5.41) is 15.5. The molecule has 8 nitrogen and oxygen atoms in total. The van der Waals surface area contributed by atoms with Gasteiger partial charge in [-0.1, -0.05) is 43.4 Å². The molecule has 1 fully saturated rings. The molecule has 10 heteroatoms. The van der Waals surface area contributed by atoms with Gasteiger partial charge < -0.3 is 10.4 Å². The van der Waals surface area contributed by atoms with Crippen LogP contribution in [0.3, 0.4) is 0 Å². The summed E-state index contributed by atoms with van der Waals surface area (Å²) in [4.78, 5) is 24.0. The summed E-state index contributed by atoms with van der Waals surface area (Å²) >= 11 is 6.19. The van der Waals surface area contributed by atoms with Gasteiger partial charge in [0.05, 0.1) is 15.8 Å². The Bertz CT molecular complexity index is 1030. The second kappa shape index (κ2) is 8.54. The lowest BCUT2D eigenvalue weighted by molar-refractivity contribution is -0.118. The number of aromatic nitrogens is 2. The first-order chi connectivity index (χ1) is 13.6. The van der Waals surface area contributed by atoms with Crippen LogP contribution in [0.4, 0.5) is 10.6 Å². The monoisotopic (exact) mass is 439 g/mol. The molecule has 0 spiro atoms. The van der Waals surface area contributed by atoms with Crippen LogP contribution >= 0.6 is 11.6 Å². The zero-order chi connectivity index (χ0) is 21.2. The number of anilines is 1. The molecule has 1 amide bonds. The van der Waals surface area contributed by atoms with Crippen LogP contribution in [0, 0.1) is 5.92 Å². The molecule has 2 aromatic rings. The first kappa shape index (κ1) is 21.3. The van der Waals surface area contributed by atoms with Gasteiger partial charge in [0.1, 0.15) is 0 Å². The highest BCUT2D eigenvalue weighted by Gasteiger charge is 2.28. The molecule has 1 aromatic carbocycles. The number of sulfone groups is 1. The van der Waals surface area contributed by atoms with Gasteiger partial charge in [0.2, 0.25) is 5.91 Å². The molecule has 156 valence electrons. The van der Waals surface area contributed by atoms with Gasteiger partial charge in [0, 0.05) is 18.5 Å². The van der Waals surface area contributed by atoms with Crippen molar-refractivity contribution in [3.8, 4) is 0 Å². The van der Waals surface area contributed by atoms with Crippen molar-refractivity contribution in [3.63, 3.8) is 0 Å². The molecule has 0 saturated heterocycles. The van der Waals surface area contributed by atoms with E-state index in [1.165, 1.54) is 24.4 Å². The fourth-order valence-electron chi connectivity index (χ4n) is 3.72. The highest BCUT2D eigenvalue weighted by atomic mass is 35.5. The van der Waals surface area contributed by atoms with Gasteiger partial charge >= 0.3 is 6.09 Å². The number of carbonyl (C=O) groups excluding carboxylic acids is 1. The Morgan fingerprint density at radius 2 is 2.00 bits per heavy atom. The standard InChI is InChI=1S/C19H22ClN3O5S/c1-29(27,28)16-7-6-13(11-15(16)20)14(10-12-4-2-3-5-12)18(24)21-17-8-9-23(22-17)19(25)26/h6-9,11-12,14H,2-5,10H2,1H3,(H,25,26)(H,21,22,24)/t14-/m1/s1. The molecule has 1 aliphatic carbocycles. The zero-order valence-corrected chi connectivity index (χ0v) is 17.4. The van der Waals surface area contributed by atoms with E-state index in [1.54, 1.807) is 6.07 Å². The third kappa shape index (κ3) is 5.16. The second-order valence-corrected chi connectivity index (χ2v) is 9.71. The fraction of sp³-hybridized carbons (Fsp3) is 0.421. The molecule has 1 aliphatic rings. The predicted molar refractivity (Wildman–Crippen MR) is 108 cm³/mol. The lowest BCUT2D eigenvalue weighted by Gasteiger charge is -2.21. The number of hydrogen-bond donors (Lipinski definition) is 2. The van der Waals surface area contributed by atoms with E-state index in [0.717, 1.165) is 31.9 Å². The fourth-order valence-corrected chi connectivity index (χ4v) is 5.06. The molecule has 1 heterocycles. The maximum absolute atomic E-state index is 13.0. The summed E-state index contributed by atoms with van der Waals surface area (Å²) in [6, 6.07) is 5.95. The normalized spacial score (nSPS) is 15.9. The Labute approximate surface area is 173 Å². The van der Waals surface area contributed by atoms with Crippen molar-refractivity contribution in [2.75, 3.05) is 11.6 Å². The van der Waals surface area contributed by atoms with Crippen molar-refractivity contribution < 1.29 is 23.1 Å². The Kier molecular flexibility index (Phi) is 6.28. The average molecular weight is 440 g/mol. The van der Waals surface area contributed by atoms with E-state index in [-0.39, 0.29) is 21.6 Å². The van der Waals surface area contributed by atoms with Crippen LogP contribution in [0.5, 0.6) is 0 Å². The number of amides is 1. The molecule has 3 rings (SSSR count). The van der Waals surface area contributed by atoms with Crippen LogP contribution in [-0.4, -0.2) is 41.6 Å². The molecule has 0 bridgehead atoms. The molecule has 0 aliphatic heterocycles. The smallest absolute Gasteiger partial charge is 0.432 e. The Hall–Kier alpha value is -2.39. The molecular weight excluding hydrogens is 418 g/mol. The van der Waals surface area contributed by atoms with Gasteiger partial charge in [-0.05, 0) is 30.0 Å². The van der Waals surface area contributed by atoms with Crippen LogP contribution in [0.1, 0.15) is 43.6 Å². The summed E-state index contributed by atoms with van der Waals surface area (Å²) < 4.78 is 24.4. The van der Waals surface area contributed by atoms with Crippen LogP contribution < -0.4 is 5.32 Å². The number of carbonyl (C=O) groups is 2. The molecule has 2 N–H and O–H groups in total. The minimum atomic E-state index is -3.47. The van der Waals surface area contributed by atoms with E-state index in [2.05, 4.69) is 10.4 Å². The maximum Gasteiger partial charge on any atom is 0.432 e. The highest BCUT2D eigenvalue weighted by molar-refractivity contribution is 7.90. The summed E-state index contributed by atoms with van der Waals surface area (Å²) in [5.74, 6) is -0.377. The van der Waals surface area contributed by atoms with Crippen molar-refractivity contribution in [2.45, 2.75) is 42.9 Å². The number of benzene rings is 1. The summed E-state index contributed by atoms with van der Waals surface area (Å²) in [7, 11) is -3.47. The van der Waals surface area contributed by atoms with Crippen molar-refractivity contribution in [3.05, 3.63) is 41.0 Å². The average Bonchev–Trinajstić information content (AvgIpc) is 3.30. The molecule has 1 saturated carbocycles. The third-order valence-electron chi connectivity index (χ3n) is 5.15. The summed E-state index contributed by atoms with van der Waals surface area (Å²) in [6.45, 7) is 0. The zero-order valence-electron chi connectivity index (χ0n) is 15.8. The van der Waals surface area contributed by atoms with Crippen LogP contribution in [0.2, 0.25) is 5.02 Å². The number of nitrogens with one attached hydrogen (secondary N) is 1. The van der Waals surface area contributed by atoms with E-state index in [9.17, 15) is 18.0 Å². The molecular formula is C19H22ClN3O5S. The third-order valence-corrected chi connectivity index (χ3v) is 6.73. The quantitative estimate of drug-likeness (QED) is 0.707. The van der Waals surface area contributed by atoms with E-state index in [1.807, 2.05) is 0 Å². The van der Waals surface area contributed by atoms with Gasteiger partial charge in [-0.2, -0.15) is 4.68 Å². The largest absolute Gasteiger partial charge is 0.463 e. The minimum Gasteiger partial charge on any atom is -0.463 e.